The number of rotatable bonds is 3. The third-order valence-corrected chi connectivity index (χ3v) is 3.96. The average molecular weight is 281 g/mol. The summed E-state index contributed by atoms with van der Waals surface area (Å²) in [6.45, 7) is 2.13. The number of carboxylic acid groups (broad SMARTS) is 1. The van der Waals surface area contributed by atoms with Gasteiger partial charge in [0.2, 0.25) is 0 Å². The van der Waals surface area contributed by atoms with Crippen LogP contribution in [0, 0.1) is 11.2 Å². The largest absolute Gasteiger partial charge is 0.507 e. The molecule has 1 aromatic rings. The van der Waals surface area contributed by atoms with Crippen molar-refractivity contribution in [2.45, 2.75) is 19.8 Å². The lowest BCUT2D eigenvalue weighted by Crippen LogP contribution is -2.36. The van der Waals surface area contributed by atoms with Crippen LogP contribution < -0.4 is 0 Å². The molecule has 1 fully saturated rings. The highest BCUT2D eigenvalue weighted by Gasteiger charge is 2.45. The molecule has 0 saturated carbocycles. The monoisotopic (exact) mass is 281 g/mol. The molecule has 1 heterocycles. The van der Waals surface area contributed by atoms with Crippen LogP contribution in [0.2, 0.25) is 0 Å². The Morgan fingerprint density at radius 3 is 2.70 bits per heavy atom. The van der Waals surface area contributed by atoms with Gasteiger partial charge in [-0.3, -0.25) is 9.59 Å². The van der Waals surface area contributed by atoms with Crippen LogP contribution in [0.5, 0.6) is 5.75 Å². The van der Waals surface area contributed by atoms with Gasteiger partial charge >= 0.3 is 5.97 Å². The van der Waals surface area contributed by atoms with E-state index in [0.717, 1.165) is 18.2 Å². The molecule has 1 saturated heterocycles. The van der Waals surface area contributed by atoms with Crippen LogP contribution >= 0.6 is 0 Å². The zero-order valence-electron chi connectivity index (χ0n) is 11.1. The third-order valence-electron chi connectivity index (χ3n) is 3.96. The molecular weight excluding hydrogens is 265 g/mol. The van der Waals surface area contributed by atoms with E-state index in [1.165, 1.54) is 4.90 Å². The number of carbonyl (C=O) groups is 2. The van der Waals surface area contributed by atoms with E-state index in [9.17, 15) is 24.2 Å². The van der Waals surface area contributed by atoms with Crippen LogP contribution in [0.1, 0.15) is 30.1 Å². The molecule has 1 amide bonds. The molecule has 1 aromatic carbocycles. The number of carboxylic acids is 1. The molecule has 2 rings (SSSR count). The van der Waals surface area contributed by atoms with Crippen LogP contribution in [0.15, 0.2) is 18.2 Å². The Morgan fingerprint density at radius 1 is 1.45 bits per heavy atom. The Balaban J connectivity index is 2.24. The molecule has 6 heteroatoms. The van der Waals surface area contributed by atoms with Gasteiger partial charge in [-0.2, -0.15) is 0 Å². The Bertz CT molecular complexity index is 560. The maximum atomic E-state index is 13.2. The normalized spacial score (nSPS) is 22.0. The number of amides is 1. The molecule has 5 nitrogen and oxygen atoms in total. The maximum Gasteiger partial charge on any atom is 0.311 e. The first-order chi connectivity index (χ1) is 9.39. The van der Waals surface area contributed by atoms with Crippen LogP contribution in [-0.4, -0.2) is 40.1 Å². The topological polar surface area (TPSA) is 77.8 Å². The highest BCUT2D eigenvalue weighted by Crippen LogP contribution is 2.35. The van der Waals surface area contributed by atoms with E-state index < -0.39 is 23.1 Å². The Hall–Kier alpha value is -2.11. The quantitative estimate of drug-likeness (QED) is 0.886. The summed E-state index contributed by atoms with van der Waals surface area (Å²) in [4.78, 5) is 24.9. The minimum Gasteiger partial charge on any atom is -0.507 e. The van der Waals surface area contributed by atoms with Crippen LogP contribution in [0.3, 0.4) is 0 Å². The zero-order chi connectivity index (χ0) is 14.9. The van der Waals surface area contributed by atoms with Gasteiger partial charge in [-0.25, -0.2) is 4.39 Å². The first kappa shape index (κ1) is 14.3. The molecule has 108 valence electrons. The maximum absolute atomic E-state index is 13.2. The predicted octanol–water partition coefficient (Wildman–Crippen LogP) is 1.86. The summed E-state index contributed by atoms with van der Waals surface area (Å²) >= 11 is 0. The molecule has 1 aliphatic rings. The van der Waals surface area contributed by atoms with Crippen molar-refractivity contribution in [2.75, 3.05) is 13.1 Å². The lowest BCUT2D eigenvalue weighted by atomic mass is 9.84. The summed E-state index contributed by atoms with van der Waals surface area (Å²) < 4.78 is 13.2. The van der Waals surface area contributed by atoms with Crippen molar-refractivity contribution < 1.29 is 24.2 Å². The number of phenolic OH excluding ortho intramolecular Hbond substituents is 1. The van der Waals surface area contributed by atoms with Gasteiger partial charge < -0.3 is 15.1 Å². The van der Waals surface area contributed by atoms with E-state index in [1.54, 1.807) is 6.92 Å². The summed E-state index contributed by atoms with van der Waals surface area (Å²) in [5, 5.41) is 18.9. The van der Waals surface area contributed by atoms with E-state index in [1.807, 2.05) is 0 Å². The van der Waals surface area contributed by atoms with Gasteiger partial charge in [-0.15, -0.1) is 0 Å². The minimum absolute atomic E-state index is 0.0770. The van der Waals surface area contributed by atoms with Crippen molar-refractivity contribution in [1.82, 2.24) is 4.90 Å². The van der Waals surface area contributed by atoms with Gasteiger partial charge in [-0.05, 0) is 31.0 Å². The van der Waals surface area contributed by atoms with Crippen LogP contribution in [0.4, 0.5) is 4.39 Å². The number of hydrogen-bond acceptors (Lipinski definition) is 3. The lowest BCUT2D eigenvalue weighted by molar-refractivity contribution is -0.148. The Kier molecular flexibility index (Phi) is 3.65. The smallest absolute Gasteiger partial charge is 0.311 e. The number of nitrogens with zero attached hydrogens (tertiary/aromatic N) is 1. The van der Waals surface area contributed by atoms with E-state index in [0.29, 0.717) is 12.8 Å². The number of carbonyl (C=O) groups excluding carboxylic acids is 1. The summed E-state index contributed by atoms with van der Waals surface area (Å²) in [5.41, 5.74) is -1.08. The predicted molar refractivity (Wildman–Crippen MR) is 68.9 cm³/mol. The molecule has 0 bridgehead atoms. The number of halogens is 1. The SMILES string of the molecule is CCC1(C(=O)O)CCN(C(=O)c2cc(F)ccc2O)C1. The number of hydrogen-bond donors (Lipinski definition) is 2. The van der Waals surface area contributed by atoms with Crippen molar-refractivity contribution in [2.24, 2.45) is 5.41 Å². The van der Waals surface area contributed by atoms with Gasteiger partial charge in [0.05, 0.1) is 11.0 Å². The van der Waals surface area contributed by atoms with E-state index >= 15 is 0 Å². The number of likely N-dealkylation sites (tertiary alicyclic amines) is 1. The van der Waals surface area contributed by atoms with Gasteiger partial charge in [0, 0.05) is 13.1 Å². The molecule has 2 N–H and O–H groups in total. The molecule has 0 aliphatic carbocycles. The first-order valence-corrected chi connectivity index (χ1v) is 6.41. The van der Waals surface area contributed by atoms with E-state index in [4.69, 9.17) is 0 Å². The van der Waals surface area contributed by atoms with Gasteiger partial charge in [-0.1, -0.05) is 6.92 Å². The lowest BCUT2D eigenvalue weighted by Gasteiger charge is -2.23. The molecular formula is C14H16FNO4. The fraction of sp³-hybridized carbons (Fsp3) is 0.429. The average Bonchev–Trinajstić information content (AvgIpc) is 2.86. The van der Waals surface area contributed by atoms with Crippen molar-refractivity contribution in [3.63, 3.8) is 0 Å². The minimum atomic E-state index is -0.946. The number of phenols is 1. The van der Waals surface area contributed by atoms with Crippen LogP contribution in [0.25, 0.3) is 0 Å². The van der Waals surface area contributed by atoms with Crippen LogP contribution in [-0.2, 0) is 4.79 Å². The Labute approximate surface area is 115 Å². The fourth-order valence-corrected chi connectivity index (χ4v) is 2.51. The molecule has 0 aromatic heterocycles. The molecule has 0 spiro atoms. The third kappa shape index (κ3) is 2.33. The van der Waals surface area contributed by atoms with Gasteiger partial charge in [0.25, 0.3) is 5.91 Å². The number of aliphatic carboxylic acids is 1. The van der Waals surface area contributed by atoms with Crippen molar-refractivity contribution in [3.05, 3.63) is 29.6 Å². The standard InChI is InChI=1S/C14H16FNO4/c1-2-14(13(19)20)5-6-16(8-14)12(18)10-7-9(15)3-4-11(10)17/h3-4,7,17H,2,5-6,8H2,1H3,(H,19,20). The highest BCUT2D eigenvalue weighted by molar-refractivity contribution is 5.97. The highest BCUT2D eigenvalue weighted by atomic mass is 19.1. The van der Waals surface area contributed by atoms with Crippen molar-refractivity contribution >= 4 is 11.9 Å². The number of benzene rings is 1. The van der Waals surface area contributed by atoms with Crippen molar-refractivity contribution in [3.8, 4) is 5.75 Å². The zero-order valence-corrected chi connectivity index (χ0v) is 11.1. The molecule has 1 unspecified atom stereocenters. The second-order valence-corrected chi connectivity index (χ2v) is 5.08. The summed E-state index contributed by atoms with van der Waals surface area (Å²) in [5.74, 6) is -2.40. The Morgan fingerprint density at radius 2 is 2.15 bits per heavy atom. The summed E-state index contributed by atoms with van der Waals surface area (Å²) in [6.07, 6.45) is 0.780. The van der Waals surface area contributed by atoms with Gasteiger partial charge in [0.15, 0.2) is 0 Å². The first-order valence-electron chi connectivity index (χ1n) is 6.41. The molecule has 20 heavy (non-hydrogen) atoms. The number of aromatic hydroxyl groups is 1. The molecule has 1 atom stereocenters. The second kappa shape index (κ2) is 5.11. The van der Waals surface area contributed by atoms with E-state index in [-0.39, 0.29) is 24.4 Å². The molecule has 1 aliphatic heterocycles. The fourth-order valence-electron chi connectivity index (χ4n) is 2.51. The summed E-state index contributed by atoms with van der Waals surface area (Å²) in [7, 11) is 0. The molecule has 0 radical (unpaired) electrons. The second-order valence-electron chi connectivity index (χ2n) is 5.08. The van der Waals surface area contributed by atoms with E-state index in [2.05, 4.69) is 0 Å². The summed E-state index contributed by atoms with van der Waals surface area (Å²) in [6, 6.07) is 3.14. The van der Waals surface area contributed by atoms with Crippen molar-refractivity contribution in [1.29, 1.82) is 0 Å². The van der Waals surface area contributed by atoms with Gasteiger partial charge in [0.1, 0.15) is 11.6 Å².